The first-order chi connectivity index (χ1) is 9.17. The largest absolute Gasteiger partial charge is 0.503 e. The van der Waals surface area contributed by atoms with E-state index in [9.17, 15) is 9.50 Å². The summed E-state index contributed by atoms with van der Waals surface area (Å²) in [5.41, 5.74) is 0.726. The van der Waals surface area contributed by atoms with Crippen molar-refractivity contribution >= 4 is 36.4 Å². The van der Waals surface area contributed by atoms with Crippen LogP contribution >= 0.6 is 36.4 Å². The molecule has 0 aromatic heterocycles. The van der Waals surface area contributed by atoms with Crippen LogP contribution < -0.4 is 10.1 Å². The zero-order valence-corrected chi connectivity index (χ0v) is 14.0. The predicted octanol–water partition coefficient (Wildman–Crippen LogP) is 2.81. The van der Waals surface area contributed by atoms with Gasteiger partial charge in [0.25, 0.3) is 0 Å². The van der Waals surface area contributed by atoms with Crippen molar-refractivity contribution < 1.29 is 14.2 Å². The third-order valence-electron chi connectivity index (χ3n) is 3.39. The Balaban J connectivity index is 0.00000200. The van der Waals surface area contributed by atoms with Gasteiger partial charge in [0.05, 0.1) is 18.2 Å². The maximum absolute atomic E-state index is 13.4. The molecular formula is C13H20Cl3FN2O2. The van der Waals surface area contributed by atoms with Crippen LogP contribution in [0.25, 0.3) is 0 Å². The maximum atomic E-state index is 13.4. The maximum Gasteiger partial charge on any atom is 0.176 e. The highest BCUT2D eigenvalue weighted by Crippen LogP contribution is 2.38. The lowest BCUT2D eigenvalue weighted by molar-refractivity contribution is 0.147. The summed E-state index contributed by atoms with van der Waals surface area (Å²) < 4.78 is 18.4. The topological polar surface area (TPSA) is 44.7 Å². The average molecular weight is 362 g/mol. The number of nitrogens with zero attached hydrogens (tertiary/aromatic N) is 1. The van der Waals surface area contributed by atoms with Gasteiger partial charge in [0.1, 0.15) is 6.67 Å². The first-order valence-corrected chi connectivity index (χ1v) is 6.62. The summed E-state index contributed by atoms with van der Waals surface area (Å²) in [6, 6.07) is 2.90. The fourth-order valence-corrected chi connectivity index (χ4v) is 2.55. The number of rotatable bonds is 4. The second-order valence-corrected chi connectivity index (χ2v) is 4.92. The SMILES string of the molecule is COc1cc([C@H](CF)N2CCNCC2)cc(Cl)c1O.Cl.Cl. The quantitative estimate of drug-likeness (QED) is 0.865. The van der Waals surface area contributed by atoms with Crippen molar-refractivity contribution in [2.24, 2.45) is 0 Å². The number of methoxy groups -OCH3 is 1. The molecule has 1 aromatic rings. The van der Waals surface area contributed by atoms with Crippen LogP contribution in [-0.2, 0) is 0 Å². The molecule has 4 nitrogen and oxygen atoms in total. The summed E-state index contributed by atoms with van der Waals surface area (Å²) >= 11 is 5.95. The molecule has 2 rings (SSSR count). The van der Waals surface area contributed by atoms with Gasteiger partial charge in [0, 0.05) is 26.2 Å². The lowest BCUT2D eigenvalue weighted by Gasteiger charge is -2.33. The van der Waals surface area contributed by atoms with E-state index in [2.05, 4.69) is 10.2 Å². The monoisotopic (exact) mass is 360 g/mol. The number of hydrogen-bond donors (Lipinski definition) is 2. The molecule has 1 atom stereocenters. The number of benzene rings is 1. The molecule has 0 unspecified atom stereocenters. The molecule has 0 spiro atoms. The Kier molecular flexibility index (Phi) is 9.33. The molecular weight excluding hydrogens is 342 g/mol. The summed E-state index contributed by atoms with van der Waals surface area (Å²) in [4.78, 5) is 2.07. The number of phenolic OH excluding ortho intramolecular Hbond substituents is 1. The fraction of sp³-hybridized carbons (Fsp3) is 0.538. The zero-order chi connectivity index (χ0) is 13.8. The molecule has 1 saturated heterocycles. The van der Waals surface area contributed by atoms with Gasteiger partial charge in [-0.25, -0.2) is 4.39 Å². The first kappa shape index (κ1) is 20.5. The van der Waals surface area contributed by atoms with Crippen LogP contribution in [0.1, 0.15) is 11.6 Å². The van der Waals surface area contributed by atoms with E-state index in [-0.39, 0.29) is 47.4 Å². The Morgan fingerprint density at radius 3 is 2.52 bits per heavy atom. The third kappa shape index (κ3) is 4.76. The molecule has 0 bridgehead atoms. The van der Waals surface area contributed by atoms with E-state index < -0.39 is 6.67 Å². The standard InChI is InChI=1S/C13H18ClFN2O2.2ClH/c1-19-12-7-9(6-10(14)13(12)18)11(8-15)17-4-2-16-3-5-17;;/h6-7,11,16,18H,2-5,8H2,1H3;2*1H/t11-;;/m0../s1. The second kappa shape index (κ2) is 9.54. The number of piperazine rings is 1. The van der Waals surface area contributed by atoms with Gasteiger partial charge in [-0.1, -0.05) is 11.6 Å². The van der Waals surface area contributed by atoms with Gasteiger partial charge in [-0.05, 0) is 17.7 Å². The minimum atomic E-state index is -0.496. The molecule has 2 N–H and O–H groups in total. The second-order valence-electron chi connectivity index (χ2n) is 4.51. The van der Waals surface area contributed by atoms with Gasteiger partial charge < -0.3 is 15.2 Å². The first-order valence-electron chi connectivity index (χ1n) is 6.24. The smallest absolute Gasteiger partial charge is 0.176 e. The van der Waals surface area contributed by atoms with E-state index >= 15 is 0 Å². The molecule has 1 heterocycles. The van der Waals surface area contributed by atoms with Crippen molar-refractivity contribution in [1.29, 1.82) is 0 Å². The molecule has 0 aliphatic carbocycles. The summed E-state index contributed by atoms with van der Waals surface area (Å²) in [6.45, 7) is 2.77. The van der Waals surface area contributed by atoms with Crippen LogP contribution in [0, 0.1) is 0 Å². The number of alkyl halides is 1. The Labute approximate surface area is 141 Å². The molecule has 1 fully saturated rings. The normalized spacial score (nSPS) is 16.5. The number of nitrogens with one attached hydrogen (secondary N) is 1. The molecule has 8 heteroatoms. The average Bonchev–Trinajstić information content (AvgIpc) is 2.44. The molecule has 0 saturated carbocycles. The summed E-state index contributed by atoms with van der Waals surface area (Å²) in [6.07, 6.45) is 0. The van der Waals surface area contributed by atoms with Crippen LogP contribution in [0.4, 0.5) is 4.39 Å². The lowest BCUT2D eigenvalue weighted by Crippen LogP contribution is -2.45. The van der Waals surface area contributed by atoms with Gasteiger partial charge in [-0.2, -0.15) is 0 Å². The number of aromatic hydroxyl groups is 1. The molecule has 21 heavy (non-hydrogen) atoms. The molecule has 0 amide bonds. The number of ether oxygens (including phenoxy) is 1. The highest BCUT2D eigenvalue weighted by molar-refractivity contribution is 6.32. The van der Waals surface area contributed by atoms with E-state index in [1.54, 1.807) is 12.1 Å². The molecule has 0 radical (unpaired) electrons. The molecule has 1 aromatic carbocycles. The minimum Gasteiger partial charge on any atom is -0.503 e. The molecule has 122 valence electrons. The van der Waals surface area contributed by atoms with Crippen molar-refractivity contribution in [2.45, 2.75) is 6.04 Å². The number of hydrogen-bond acceptors (Lipinski definition) is 4. The van der Waals surface area contributed by atoms with Crippen molar-refractivity contribution in [1.82, 2.24) is 10.2 Å². The fourth-order valence-electron chi connectivity index (χ4n) is 2.33. The minimum absolute atomic E-state index is 0. The number of halogens is 4. The van der Waals surface area contributed by atoms with Gasteiger partial charge in [0.15, 0.2) is 11.5 Å². The van der Waals surface area contributed by atoms with Crippen molar-refractivity contribution in [3.8, 4) is 11.5 Å². The summed E-state index contributed by atoms with van der Waals surface area (Å²) in [5, 5.41) is 13.1. The van der Waals surface area contributed by atoms with Gasteiger partial charge in [-0.3, -0.25) is 4.90 Å². The van der Waals surface area contributed by atoms with Gasteiger partial charge in [-0.15, -0.1) is 24.8 Å². The van der Waals surface area contributed by atoms with Crippen molar-refractivity contribution in [2.75, 3.05) is 40.0 Å². The van der Waals surface area contributed by atoms with Crippen LogP contribution in [0.15, 0.2) is 12.1 Å². The Bertz CT molecular complexity index is 446. The summed E-state index contributed by atoms with van der Waals surface area (Å²) in [7, 11) is 1.45. The van der Waals surface area contributed by atoms with Gasteiger partial charge >= 0.3 is 0 Å². The molecule has 1 aliphatic rings. The van der Waals surface area contributed by atoms with E-state index in [4.69, 9.17) is 16.3 Å². The zero-order valence-electron chi connectivity index (χ0n) is 11.6. The van der Waals surface area contributed by atoms with Crippen molar-refractivity contribution in [3.63, 3.8) is 0 Å². The predicted molar refractivity (Wildman–Crippen MR) is 87.3 cm³/mol. The molecule has 1 aliphatic heterocycles. The van der Waals surface area contributed by atoms with E-state index in [0.717, 1.165) is 31.7 Å². The van der Waals surface area contributed by atoms with Crippen molar-refractivity contribution in [3.05, 3.63) is 22.7 Å². The van der Waals surface area contributed by atoms with Crippen LogP contribution in [-0.4, -0.2) is 50.0 Å². The van der Waals surface area contributed by atoms with E-state index in [0.29, 0.717) is 0 Å². The Morgan fingerprint density at radius 1 is 1.38 bits per heavy atom. The number of phenols is 1. The Hall–Kier alpha value is -0.460. The van der Waals surface area contributed by atoms with Gasteiger partial charge in [0.2, 0.25) is 0 Å². The van der Waals surface area contributed by atoms with E-state index in [1.807, 2.05) is 0 Å². The summed E-state index contributed by atoms with van der Waals surface area (Å²) in [5.74, 6) is 0.168. The van der Waals surface area contributed by atoms with Crippen LogP contribution in [0.3, 0.4) is 0 Å². The lowest BCUT2D eigenvalue weighted by atomic mass is 10.0. The van der Waals surface area contributed by atoms with E-state index in [1.165, 1.54) is 7.11 Å². The van der Waals surface area contributed by atoms with Crippen LogP contribution in [0.5, 0.6) is 11.5 Å². The highest BCUT2D eigenvalue weighted by Gasteiger charge is 2.24. The van der Waals surface area contributed by atoms with Crippen LogP contribution in [0.2, 0.25) is 5.02 Å². The Morgan fingerprint density at radius 2 is 2.00 bits per heavy atom. The highest BCUT2D eigenvalue weighted by atomic mass is 35.5. The third-order valence-corrected chi connectivity index (χ3v) is 3.68.